The number of halogens is 1. The lowest BCUT2D eigenvalue weighted by atomic mass is 10.2. The van der Waals surface area contributed by atoms with Gasteiger partial charge in [0.05, 0.1) is 27.3 Å². The molecule has 3 heterocycles. The number of alkyl halides is 1. The molecule has 0 spiro atoms. The highest BCUT2D eigenvalue weighted by Crippen LogP contribution is 2.76. The van der Waals surface area contributed by atoms with Crippen molar-refractivity contribution in [1.82, 2.24) is 0 Å². The third kappa shape index (κ3) is 1.90. The largest absolute Gasteiger partial charge is 0.256 e. The third-order valence-electron chi connectivity index (χ3n) is 11.6. The summed E-state index contributed by atoms with van der Waals surface area (Å²) in [4.78, 5) is 0. The highest BCUT2D eigenvalue weighted by Gasteiger charge is 2.92. The minimum absolute atomic E-state index is 0.652. The van der Waals surface area contributed by atoms with Crippen LogP contribution in [0.15, 0.2) is 0 Å². The third-order valence-corrected chi connectivity index (χ3v) is 99.9. The summed E-state index contributed by atoms with van der Waals surface area (Å²) < 4.78 is 18.0. The lowest BCUT2D eigenvalue weighted by molar-refractivity contribution is 0.453. The lowest BCUT2D eigenvalue weighted by Crippen LogP contribution is -3.08. The van der Waals surface area contributed by atoms with E-state index in [0.717, 1.165) is 0 Å². The molecular weight excluding hydrogens is 416 g/mol. The molecule has 0 saturated carbocycles. The van der Waals surface area contributed by atoms with Gasteiger partial charge in [-0.15, -0.1) is 0 Å². The summed E-state index contributed by atoms with van der Waals surface area (Å²) in [7, 11) is -10.8. The van der Waals surface area contributed by atoms with Gasteiger partial charge in [-0.1, -0.05) is 111 Å². The predicted molar refractivity (Wildman–Crippen MR) is 136 cm³/mol. The Morgan fingerprint density at radius 1 is 0.538 bits per heavy atom. The summed E-state index contributed by atoms with van der Waals surface area (Å²) in [6.45, 7) is 33.8. The van der Waals surface area contributed by atoms with Crippen molar-refractivity contribution in [3.05, 3.63) is 0 Å². The van der Waals surface area contributed by atoms with Crippen LogP contribution in [0.2, 0.25) is 82.8 Å². The van der Waals surface area contributed by atoms with E-state index in [1.807, 2.05) is 0 Å². The van der Waals surface area contributed by atoms with Gasteiger partial charge in [-0.25, -0.2) is 0 Å². The molecule has 0 nitrogen and oxygen atoms in total. The molecule has 26 heavy (non-hydrogen) atoms. The Labute approximate surface area is 169 Å². The summed E-state index contributed by atoms with van der Waals surface area (Å²) in [5.41, 5.74) is 0. The van der Waals surface area contributed by atoms with E-state index in [0.29, 0.717) is 4.28 Å². The topological polar surface area (TPSA) is 0 Å². The highest BCUT2D eigenvalue weighted by atomic mass is 29.4. The zero-order valence-corrected chi connectivity index (χ0v) is 26.2. The predicted octanol–water partition coefficient (Wildman–Crippen LogP) is 7.22. The van der Waals surface area contributed by atoms with E-state index in [4.69, 9.17) is 0 Å². The molecule has 3 saturated heterocycles. The number of hydrogen-bond acceptors (Lipinski definition) is 0. The first-order chi connectivity index (χ1) is 11.3. The molecule has 154 valence electrons. The van der Waals surface area contributed by atoms with E-state index >= 15 is 4.39 Å². The van der Waals surface area contributed by atoms with Crippen molar-refractivity contribution in [2.24, 2.45) is 0 Å². The molecule has 0 N–H and O–H groups in total. The number of rotatable bonds is 4. The van der Waals surface area contributed by atoms with Crippen LogP contribution in [0.1, 0.15) is 32.6 Å². The molecule has 7 heteroatoms. The van der Waals surface area contributed by atoms with Crippen LogP contribution < -0.4 is 0 Å². The van der Waals surface area contributed by atoms with Crippen LogP contribution in [-0.2, 0) is 0 Å². The Balaban J connectivity index is 2.99. The average molecular weight is 463 g/mol. The number of fused-ring (bicyclic) bond motifs is 3. The van der Waals surface area contributed by atoms with Crippen molar-refractivity contribution in [3.8, 4) is 0 Å². The fourth-order valence-corrected chi connectivity index (χ4v) is 148. The second kappa shape index (κ2) is 5.89. The van der Waals surface area contributed by atoms with Gasteiger partial charge in [0, 0.05) is 22.8 Å². The van der Waals surface area contributed by atoms with Crippen LogP contribution in [0.5, 0.6) is 0 Å². The number of unbranched alkanes of at least 4 members (excludes halogenated alkanes) is 2. The molecule has 0 amide bonds. The van der Waals surface area contributed by atoms with Crippen molar-refractivity contribution < 1.29 is 4.39 Å². The molecule has 0 aromatic rings. The first-order valence-electron chi connectivity index (χ1n) is 11.0. The van der Waals surface area contributed by atoms with Crippen molar-refractivity contribution in [1.29, 1.82) is 0 Å². The zero-order valence-electron chi connectivity index (χ0n) is 20.2. The normalized spacial score (nSPS) is 40.4. The minimum Gasteiger partial charge on any atom is -0.256 e. The average Bonchev–Trinajstić information content (AvgIpc) is 2.46. The Morgan fingerprint density at radius 2 is 0.846 bits per heavy atom. The van der Waals surface area contributed by atoms with Gasteiger partial charge in [0.15, 0.2) is 0 Å². The van der Waals surface area contributed by atoms with Crippen molar-refractivity contribution in [2.45, 2.75) is 120 Å². The van der Waals surface area contributed by atoms with Crippen LogP contribution in [-0.4, -0.2) is 50.1 Å². The molecule has 0 aromatic carbocycles. The highest BCUT2D eigenvalue weighted by molar-refractivity contribution is 7.77. The second-order valence-corrected chi connectivity index (χ2v) is 62.4. The molecule has 3 rings (SSSR count). The summed E-state index contributed by atoms with van der Waals surface area (Å²) in [5.74, 6) is 0. The van der Waals surface area contributed by atoms with E-state index in [-0.39, 0.29) is 0 Å². The van der Waals surface area contributed by atoms with E-state index in [2.05, 4.69) is 85.5 Å². The maximum atomic E-state index is 18.0. The van der Waals surface area contributed by atoms with Crippen molar-refractivity contribution in [2.75, 3.05) is 0 Å². The molecule has 2 bridgehead atoms. The van der Waals surface area contributed by atoms with E-state index < -0.39 is 50.1 Å². The lowest BCUT2D eigenvalue weighted by Gasteiger charge is -2.86. The van der Waals surface area contributed by atoms with Crippen LogP contribution in [0.25, 0.3) is 0 Å². The zero-order chi connectivity index (χ0) is 20.8. The Kier molecular flexibility index (Phi) is 5.33. The molecule has 0 aliphatic carbocycles. The molecule has 0 atom stereocenters. The van der Waals surface area contributed by atoms with E-state index in [1.165, 1.54) is 25.7 Å². The Bertz CT molecular complexity index is 519. The fraction of sp³-hybridized carbons (Fsp3) is 1.00. The molecular formula is C19H47FSi6. The molecule has 3 aliphatic heterocycles. The first kappa shape index (κ1) is 23.5. The van der Waals surface area contributed by atoms with Crippen molar-refractivity contribution in [3.63, 3.8) is 0 Å². The van der Waals surface area contributed by atoms with Gasteiger partial charge in [0.25, 0.3) is 0 Å². The van der Waals surface area contributed by atoms with Crippen LogP contribution in [0.4, 0.5) is 4.39 Å². The molecule has 3 fully saturated rings. The van der Waals surface area contributed by atoms with Gasteiger partial charge >= 0.3 is 0 Å². The van der Waals surface area contributed by atoms with E-state index in [9.17, 15) is 0 Å². The van der Waals surface area contributed by atoms with Crippen LogP contribution >= 0.6 is 0 Å². The summed E-state index contributed by atoms with van der Waals surface area (Å²) >= 11 is 0. The van der Waals surface area contributed by atoms with Crippen LogP contribution in [0.3, 0.4) is 0 Å². The summed E-state index contributed by atoms with van der Waals surface area (Å²) in [5, 5.41) is 0. The smallest absolute Gasteiger partial charge is 0.0770 e. The van der Waals surface area contributed by atoms with Gasteiger partial charge in [-0.3, -0.25) is 4.39 Å². The quantitative estimate of drug-likeness (QED) is 0.305. The number of hydrogen-bond donors (Lipinski definition) is 0. The van der Waals surface area contributed by atoms with Gasteiger partial charge in [-0.2, -0.15) is 0 Å². The molecule has 3 aliphatic rings. The first-order valence-corrected chi connectivity index (χ1v) is 32.0. The minimum atomic E-state index is -1.94. The second-order valence-electron chi connectivity index (χ2n) is 12.8. The monoisotopic (exact) mass is 462 g/mol. The summed E-state index contributed by atoms with van der Waals surface area (Å²) in [6.07, 6.45) is 5.60. The van der Waals surface area contributed by atoms with Gasteiger partial charge in [0.2, 0.25) is 0 Å². The molecule has 0 aromatic heterocycles. The van der Waals surface area contributed by atoms with Gasteiger partial charge in [-0.05, 0) is 4.28 Å². The molecule has 0 unspecified atom stereocenters. The maximum absolute atomic E-state index is 18.0. The Hall–Kier alpha value is 1.23. The van der Waals surface area contributed by atoms with E-state index in [1.54, 1.807) is 0 Å². The van der Waals surface area contributed by atoms with Gasteiger partial charge < -0.3 is 0 Å². The summed E-state index contributed by atoms with van der Waals surface area (Å²) in [6, 6.07) is 0. The van der Waals surface area contributed by atoms with Crippen molar-refractivity contribution >= 4 is 45.5 Å². The molecule has 0 radical (unpaired) electrons. The van der Waals surface area contributed by atoms with Gasteiger partial charge in [0.1, 0.15) is 0 Å². The fourth-order valence-electron chi connectivity index (χ4n) is 9.16. The SMILES string of the molecule is CCCCCC12[Si](C)(C)[Si](C)(C)C(F)([Si](C)(C)[Si]1(C)C)[Si](C)(C)[Si]2(C)C. The van der Waals surface area contributed by atoms with Crippen LogP contribution in [0, 0.1) is 0 Å². The maximum Gasteiger partial charge on any atom is 0.0770 e. The standard InChI is InChI=1S/C19H47FSi6/c1-14-15-16-17-18-21(2,3)24(8,9)19(20,25(10,11)22(18,4)5)26(12,13)23(18,6)7/h14-17H2,1-13H3. The Morgan fingerprint density at radius 3 is 1.12 bits per heavy atom.